The van der Waals surface area contributed by atoms with Crippen LogP contribution in [0.5, 0.6) is 0 Å². The summed E-state index contributed by atoms with van der Waals surface area (Å²) in [7, 11) is -1.56. The molecule has 3 unspecified atom stereocenters. The van der Waals surface area contributed by atoms with Crippen molar-refractivity contribution in [2.75, 3.05) is 13.3 Å². The number of benzene rings is 1. The van der Waals surface area contributed by atoms with Gasteiger partial charge in [0.1, 0.15) is 0 Å². The van der Waals surface area contributed by atoms with Crippen LogP contribution in [0.25, 0.3) is 0 Å². The van der Waals surface area contributed by atoms with Gasteiger partial charge in [0.05, 0.1) is 4.90 Å². The third-order valence-electron chi connectivity index (χ3n) is 4.14. The first kappa shape index (κ1) is 16.8. The minimum Gasteiger partial charge on any atom is -0.313 e. The van der Waals surface area contributed by atoms with Crippen molar-refractivity contribution < 1.29 is 8.42 Å². The number of hydrogen-bond donors (Lipinski definition) is 2. The predicted octanol–water partition coefficient (Wildman–Crippen LogP) is 2.53. The third-order valence-corrected chi connectivity index (χ3v) is 6.75. The van der Waals surface area contributed by atoms with Gasteiger partial charge in [0.25, 0.3) is 0 Å². The van der Waals surface area contributed by atoms with Gasteiger partial charge < -0.3 is 5.32 Å². The van der Waals surface area contributed by atoms with Gasteiger partial charge in [-0.05, 0) is 57.2 Å². The van der Waals surface area contributed by atoms with Gasteiger partial charge in [-0.15, -0.1) is 0 Å². The molecule has 2 rings (SSSR count). The molecule has 0 aromatic heterocycles. The number of nitrogens with one attached hydrogen (secondary N) is 2. The van der Waals surface area contributed by atoms with Crippen molar-refractivity contribution in [2.24, 2.45) is 0 Å². The van der Waals surface area contributed by atoms with Crippen LogP contribution in [0.2, 0.25) is 0 Å². The van der Waals surface area contributed by atoms with E-state index in [1.165, 1.54) is 0 Å². The van der Waals surface area contributed by atoms with Crippen molar-refractivity contribution >= 4 is 21.8 Å². The fraction of sp³-hybridized carbons (Fsp3) is 0.600. The van der Waals surface area contributed by atoms with E-state index in [1.807, 2.05) is 31.8 Å². The van der Waals surface area contributed by atoms with Crippen LogP contribution in [0.1, 0.15) is 37.8 Å². The van der Waals surface area contributed by atoms with Gasteiger partial charge in [0.2, 0.25) is 10.0 Å². The Kier molecular flexibility index (Phi) is 5.71. The standard InChI is InChI=1S/C15H24N2O2S2/c1-11(16-2)12-5-4-6-15(9-12)21(18,19)17-13-7-8-14(10-13)20-3/h4-6,9,11,13-14,16-17H,7-8,10H2,1-3H3. The van der Waals surface area contributed by atoms with E-state index in [4.69, 9.17) is 0 Å². The third kappa shape index (κ3) is 4.22. The van der Waals surface area contributed by atoms with Crippen molar-refractivity contribution in [1.82, 2.24) is 10.0 Å². The summed E-state index contributed by atoms with van der Waals surface area (Å²) in [4.78, 5) is 0.356. The monoisotopic (exact) mass is 328 g/mol. The molecular formula is C15H24N2O2S2. The van der Waals surface area contributed by atoms with E-state index < -0.39 is 10.0 Å². The Morgan fingerprint density at radius 2 is 2.10 bits per heavy atom. The van der Waals surface area contributed by atoms with E-state index in [-0.39, 0.29) is 12.1 Å². The largest absolute Gasteiger partial charge is 0.313 e. The molecule has 1 fully saturated rings. The van der Waals surface area contributed by atoms with Gasteiger partial charge in [0, 0.05) is 17.3 Å². The van der Waals surface area contributed by atoms with Crippen molar-refractivity contribution in [2.45, 2.75) is 48.4 Å². The minimum absolute atomic E-state index is 0.0674. The highest BCUT2D eigenvalue weighted by Crippen LogP contribution is 2.29. The maximum Gasteiger partial charge on any atom is 0.240 e. The molecule has 6 heteroatoms. The van der Waals surface area contributed by atoms with E-state index in [0.29, 0.717) is 10.1 Å². The first-order valence-electron chi connectivity index (χ1n) is 7.28. The molecule has 0 heterocycles. The van der Waals surface area contributed by atoms with Crippen LogP contribution in [0.3, 0.4) is 0 Å². The molecule has 1 saturated carbocycles. The molecule has 4 nitrogen and oxygen atoms in total. The smallest absolute Gasteiger partial charge is 0.240 e. The highest BCUT2D eigenvalue weighted by atomic mass is 32.2. The summed E-state index contributed by atoms with van der Waals surface area (Å²) in [6.45, 7) is 2.01. The summed E-state index contributed by atoms with van der Waals surface area (Å²) >= 11 is 1.82. The molecule has 0 amide bonds. The summed E-state index contributed by atoms with van der Waals surface area (Å²) in [6.07, 6.45) is 5.03. The summed E-state index contributed by atoms with van der Waals surface area (Å²) in [5, 5.41) is 3.71. The van der Waals surface area contributed by atoms with E-state index in [1.54, 1.807) is 18.2 Å². The van der Waals surface area contributed by atoms with E-state index >= 15 is 0 Å². The van der Waals surface area contributed by atoms with Crippen molar-refractivity contribution in [3.05, 3.63) is 29.8 Å². The average molecular weight is 329 g/mol. The van der Waals surface area contributed by atoms with Gasteiger partial charge in [-0.3, -0.25) is 0 Å². The molecule has 2 N–H and O–H groups in total. The maximum absolute atomic E-state index is 12.5. The molecule has 1 aromatic rings. The second-order valence-corrected chi connectivity index (χ2v) is 8.42. The zero-order chi connectivity index (χ0) is 15.5. The number of hydrogen-bond acceptors (Lipinski definition) is 4. The molecule has 0 radical (unpaired) electrons. The Hall–Kier alpha value is -0.560. The fourth-order valence-electron chi connectivity index (χ4n) is 2.67. The number of sulfonamides is 1. The van der Waals surface area contributed by atoms with Gasteiger partial charge in [-0.25, -0.2) is 13.1 Å². The number of rotatable bonds is 6. The molecule has 0 spiro atoms. The first-order chi connectivity index (χ1) is 9.96. The Bertz CT molecular complexity index is 575. The second-order valence-electron chi connectivity index (χ2n) is 5.57. The van der Waals surface area contributed by atoms with Crippen LogP contribution in [0.15, 0.2) is 29.2 Å². The van der Waals surface area contributed by atoms with Crippen molar-refractivity contribution in [1.29, 1.82) is 0 Å². The lowest BCUT2D eigenvalue weighted by molar-refractivity contribution is 0.552. The molecular weight excluding hydrogens is 304 g/mol. The van der Waals surface area contributed by atoms with Crippen molar-refractivity contribution in [3.8, 4) is 0 Å². The van der Waals surface area contributed by atoms with Crippen LogP contribution < -0.4 is 10.0 Å². The van der Waals surface area contributed by atoms with Crippen LogP contribution in [0, 0.1) is 0 Å². The molecule has 21 heavy (non-hydrogen) atoms. The molecule has 0 bridgehead atoms. The predicted molar refractivity (Wildman–Crippen MR) is 89.2 cm³/mol. The summed E-state index contributed by atoms with van der Waals surface area (Å²) < 4.78 is 27.9. The van der Waals surface area contributed by atoms with E-state index in [0.717, 1.165) is 24.8 Å². The average Bonchev–Trinajstić information content (AvgIpc) is 2.93. The lowest BCUT2D eigenvalue weighted by Crippen LogP contribution is -2.33. The van der Waals surface area contributed by atoms with E-state index in [9.17, 15) is 8.42 Å². The molecule has 0 saturated heterocycles. The molecule has 118 valence electrons. The normalized spacial score (nSPS) is 24.1. The van der Waals surface area contributed by atoms with E-state index in [2.05, 4.69) is 16.3 Å². The van der Waals surface area contributed by atoms with Gasteiger partial charge in [-0.2, -0.15) is 11.8 Å². The molecule has 1 aliphatic rings. The minimum atomic E-state index is -3.43. The van der Waals surface area contributed by atoms with Crippen molar-refractivity contribution in [3.63, 3.8) is 0 Å². The quantitative estimate of drug-likeness (QED) is 0.842. The maximum atomic E-state index is 12.5. The Morgan fingerprint density at radius 1 is 1.33 bits per heavy atom. The van der Waals surface area contributed by atoms with Crippen LogP contribution in [0.4, 0.5) is 0 Å². The zero-order valence-corrected chi connectivity index (χ0v) is 14.4. The summed E-state index contributed by atoms with van der Waals surface area (Å²) in [6, 6.07) is 7.36. The first-order valence-corrected chi connectivity index (χ1v) is 10.1. The summed E-state index contributed by atoms with van der Waals surface area (Å²) in [5.41, 5.74) is 0.980. The highest BCUT2D eigenvalue weighted by Gasteiger charge is 2.28. The number of thioether (sulfide) groups is 1. The Morgan fingerprint density at radius 3 is 2.71 bits per heavy atom. The SMILES string of the molecule is CNC(C)c1cccc(S(=O)(=O)NC2CCC(SC)C2)c1. The second kappa shape index (κ2) is 7.13. The lowest BCUT2D eigenvalue weighted by atomic mass is 10.1. The Labute approximate surface area is 132 Å². The van der Waals surface area contributed by atoms with Crippen LogP contribution in [-0.2, 0) is 10.0 Å². The van der Waals surface area contributed by atoms with Gasteiger partial charge in [0.15, 0.2) is 0 Å². The van der Waals surface area contributed by atoms with Gasteiger partial charge >= 0.3 is 0 Å². The zero-order valence-electron chi connectivity index (χ0n) is 12.8. The van der Waals surface area contributed by atoms with Crippen LogP contribution >= 0.6 is 11.8 Å². The lowest BCUT2D eigenvalue weighted by Gasteiger charge is -2.15. The molecule has 0 aliphatic heterocycles. The Balaban J connectivity index is 2.12. The summed E-state index contributed by atoms with van der Waals surface area (Å²) in [5.74, 6) is 0. The highest BCUT2D eigenvalue weighted by molar-refractivity contribution is 7.99. The van der Waals surface area contributed by atoms with Gasteiger partial charge in [-0.1, -0.05) is 12.1 Å². The molecule has 1 aliphatic carbocycles. The molecule has 3 atom stereocenters. The fourth-order valence-corrected chi connectivity index (χ4v) is 4.80. The van der Waals surface area contributed by atoms with Crippen LogP contribution in [-0.4, -0.2) is 33.0 Å². The molecule has 1 aromatic carbocycles. The topological polar surface area (TPSA) is 58.2 Å².